The van der Waals surface area contributed by atoms with Crippen molar-refractivity contribution in [2.75, 3.05) is 18.0 Å². The monoisotopic (exact) mass is 480 g/mol. The van der Waals surface area contributed by atoms with Crippen LogP contribution in [0.5, 0.6) is 0 Å². The number of benzene rings is 2. The average Bonchev–Trinajstić information content (AvgIpc) is 3.31. The Hall–Kier alpha value is -3.39. The average molecular weight is 481 g/mol. The van der Waals surface area contributed by atoms with Crippen LogP contribution in [0.25, 0.3) is 11.9 Å². The zero-order chi connectivity index (χ0) is 24.1. The Kier molecular flexibility index (Phi) is 7.17. The van der Waals surface area contributed by atoms with Crippen molar-refractivity contribution in [2.24, 2.45) is 0 Å². The number of piperidine rings is 1. The lowest BCUT2D eigenvalue weighted by Gasteiger charge is -2.24. The highest BCUT2D eigenvalue weighted by Gasteiger charge is 2.17. The first-order valence-electron chi connectivity index (χ1n) is 11.4. The number of nitrogens with zero attached hydrogens (tertiary/aromatic N) is 5. The van der Waals surface area contributed by atoms with Crippen LogP contribution in [0.15, 0.2) is 48.5 Å². The predicted molar refractivity (Wildman–Crippen MR) is 133 cm³/mol. The molecule has 3 aromatic rings. The van der Waals surface area contributed by atoms with Crippen LogP contribution in [0.3, 0.4) is 0 Å². The van der Waals surface area contributed by atoms with E-state index in [9.17, 15) is 4.79 Å². The molecule has 1 N–H and O–H groups in total. The van der Waals surface area contributed by atoms with Gasteiger partial charge in [0.1, 0.15) is 0 Å². The third-order valence-corrected chi connectivity index (χ3v) is 5.95. The van der Waals surface area contributed by atoms with E-state index in [1.54, 1.807) is 30.5 Å². The lowest BCUT2D eigenvalue weighted by atomic mass is 9.87. The summed E-state index contributed by atoms with van der Waals surface area (Å²) in [5, 5.41) is 13.4. The van der Waals surface area contributed by atoms with Gasteiger partial charge in [-0.3, -0.25) is 0 Å². The Morgan fingerprint density at radius 1 is 1.00 bits per heavy atom. The van der Waals surface area contributed by atoms with Crippen LogP contribution in [-0.2, 0) is 10.3 Å². The molecule has 8 nitrogen and oxygen atoms in total. The molecule has 0 atom stereocenters. The lowest BCUT2D eigenvalue weighted by molar-refractivity contribution is 0.0369. The molecule has 0 unspecified atom stereocenters. The van der Waals surface area contributed by atoms with Crippen molar-refractivity contribution in [2.45, 2.75) is 45.4 Å². The number of tetrazole rings is 1. The summed E-state index contributed by atoms with van der Waals surface area (Å²) < 4.78 is 0. The van der Waals surface area contributed by atoms with Gasteiger partial charge in [0.2, 0.25) is 0 Å². The summed E-state index contributed by atoms with van der Waals surface area (Å²) in [6.45, 7) is 8.21. The highest BCUT2D eigenvalue weighted by atomic mass is 35.5. The molecule has 0 amide bonds. The molecule has 2 heterocycles. The van der Waals surface area contributed by atoms with Crippen LogP contribution in [0.2, 0.25) is 5.02 Å². The summed E-state index contributed by atoms with van der Waals surface area (Å²) >= 11 is 6.05. The number of anilines is 1. The molecule has 178 valence electrons. The maximum absolute atomic E-state index is 12.7. The smallest absolute Gasteiger partial charge is 0.338 e. The molecule has 0 aliphatic carbocycles. The molecule has 1 fully saturated rings. The molecule has 1 aromatic heterocycles. The second-order valence-electron chi connectivity index (χ2n) is 9.33. The van der Waals surface area contributed by atoms with E-state index < -0.39 is 5.97 Å². The zero-order valence-electron chi connectivity index (χ0n) is 19.7. The lowest BCUT2D eigenvalue weighted by Crippen LogP contribution is -2.30. The molecule has 34 heavy (non-hydrogen) atoms. The molecular weight excluding hydrogens is 452 g/mol. The van der Waals surface area contributed by atoms with Crippen molar-refractivity contribution < 1.29 is 9.63 Å². The topological polar surface area (TPSA) is 85.2 Å². The maximum atomic E-state index is 12.7. The minimum absolute atomic E-state index is 0.00300. The maximum Gasteiger partial charge on any atom is 0.362 e. The molecule has 2 aromatic carbocycles. The first-order chi connectivity index (χ1) is 16.3. The number of hydrogen-bond acceptors (Lipinski definition) is 7. The second-order valence-corrected chi connectivity index (χ2v) is 9.76. The third-order valence-electron chi connectivity index (χ3n) is 5.70. The number of aromatic nitrogens is 4. The van der Waals surface area contributed by atoms with Crippen molar-refractivity contribution in [3.8, 4) is 0 Å². The van der Waals surface area contributed by atoms with E-state index in [0.717, 1.165) is 37.1 Å². The predicted octanol–water partition coefficient (Wildman–Crippen LogP) is 4.93. The van der Waals surface area contributed by atoms with Crippen molar-refractivity contribution in [3.63, 3.8) is 0 Å². The Bertz CT molecular complexity index is 1140. The van der Waals surface area contributed by atoms with Gasteiger partial charge in [-0.05, 0) is 59.7 Å². The molecule has 1 saturated heterocycles. The standard InChI is InChI=1S/C25H29ClN6O2/c1-25(2,3)20-11-7-19(8-12-20)23(33)34-29-22(18-9-13-21(26)14-10-18)17-32-28-24(27-30-32)31-15-5-4-6-16-31/h7-14,17,29H,4-6,15-16H2,1-3H3. The molecule has 0 saturated carbocycles. The van der Waals surface area contributed by atoms with Gasteiger partial charge >= 0.3 is 5.97 Å². The van der Waals surface area contributed by atoms with Gasteiger partial charge in [0.15, 0.2) is 0 Å². The van der Waals surface area contributed by atoms with E-state index in [2.05, 4.69) is 46.6 Å². The summed E-state index contributed by atoms with van der Waals surface area (Å²) in [5.41, 5.74) is 5.58. The number of rotatable bonds is 6. The van der Waals surface area contributed by atoms with Crippen LogP contribution >= 0.6 is 11.6 Å². The number of hydrogen-bond donors (Lipinski definition) is 1. The summed E-state index contributed by atoms with van der Waals surface area (Å²) in [6, 6.07) is 14.5. The SMILES string of the molecule is CC(C)(C)c1ccc(C(=O)ONC(=Cn2nnc(N3CCCCC3)n2)c2ccc(Cl)cc2)cc1. The van der Waals surface area contributed by atoms with Gasteiger partial charge < -0.3 is 9.74 Å². The normalized spacial score (nSPS) is 14.7. The van der Waals surface area contributed by atoms with Gasteiger partial charge in [-0.2, -0.15) is 0 Å². The Morgan fingerprint density at radius 2 is 1.65 bits per heavy atom. The first kappa shape index (κ1) is 23.8. The number of nitrogens with one attached hydrogen (secondary N) is 1. The molecule has 1 aliphatic heterocycles. The summed E-state index contributed by atoms with van der Waals surface area (Å²) in [6.07, 6.45) is 5.09. The summed E-state index contributed by atoms with van der Waals surface area (Å²) in [5.74, 6) is 0.0863. The minimum atomic E-state index is -0.499. The van der Waals surface area contributed by atoms with Crippen LogP contribution in [0, 0.1) is 0 Å². The van der Waals surface area contributed by atoms with E-state index >= 15 is 0 Å². The van der Waals surface area contributed by atoms with Gasteiger partial charge in [0, 0.05) is 23.7 Å². The molecule has 9 heteroatoms. The van der Waals surface area contributed by atoms with Gasteiger partial charge in [0.25, 0.3) is 5.95 Å². The number of carbonyl (C=O) groups excluding carboxylic acids is 1. The second kappa shape index (κ2) is 10.3. The minimum Gasteiger partial charge on any atom is -0.338 e. The Morgan fingerprint density at radius 3 is 2.29 bits per heavy atom. The summed E-state index contributed by atoms with van der Waals surface area (Å²) in [4.78, 5) is 21.6. The van der Waals surface area contributed by atoms with E-state index in [1.165, 1.54) is 11.2 Å². The van der Waals surface area contributed by atoms with Crippen LogP contribution in [0.4, 0.5) is 5.95 Å². The zero-order valence-corrected chi connectivity index (χ0v) is 20.4. The Labute approximate surface area is 204 Å². The highest BCUT2D eigenvalue weighted by Crippen LogP contribution is 2.23. The van der Waals surface area contributed by atoms with Gasteiger partial charge in [-0.1, -0.05) is 61.7 Å². The first-order valence-corrected chi connectivity index (χ1v) is 11.8. The number of carbonyl (C=O) groups is 1. The largest absolute Gasteiger partial charge is 0.362 e. The van der Waals surface area contributed by atoms with Gasteiger partial charge in [-0.25, -0.2) is 10.3 Å². The van der Waals surface area contributed by atoms with E-state index in [-0.39, 0.29) is 5.41 Å². The van der Waals surface area contributed by atoms with Crippen molar-refractivity contribution in [1.82, 2.24) is 25.7 Å². The van der Waals surface area contributed by atoms with Crippen molar-refractivity contribution in [1.29, 1.82) is 0 Å². The van der Waals surface area contributed by atoms with Crippen molar-refractivity contribution >= 4 is 35.4 Å². The van der Waals surface area contributed by atoms with Crippen LogP contribution in [0.1, 0.15) is 61.5 Å². The molecule has 0 spiro atoms. The third kappa shape index (κ3) is 5.94. The number of hydroxylamine groups is 1. The molecule has 0 bridgehead atoms. The van der Waals surface area contributed by atoms with Crippen LogP contribution < -0.4 is 10.4 Å². The Balaban J connectivity index is 1.52. The van der Waals surface area contributed by atoms with Crippen LogP contribution in [-0.4, -0.2) is 39.3 Å². The fraction of sp³-hybridized carbons (Fsp3) is 0.360. The van der Waals surface area contributed by atoms with E-state index in [1.807, 2.05) is 24.3 Å². The van der Waals surface area contributed by atoms with Crippen molar-refractivity contribution in [3.05, 3.63) is 70.2 Å². The highest BCUT2D eigenvalue weighted by molar-refractivity contribution is 6.30. The fourth-order valence-corrected chi connectivity index (χ4v) is 3.79. The fourth-order valence-electron chi connectivity index (χ4n) is 3.66. The molecule has 1 aliphatic rings. The number of halogens is 1. The molecule has 4 rings (SSSR count). The van der Waals surface area contributed by atoms with Gasteiger partial charge in [-0.15, -0.1) is 9.90 Å². The quantitative estimate of drug-likeness (QED) is 0.500. The van der Waals surface area contributed by atoms with E-state index in [4.69, 9.17) is 16.4 Å². The molecule has 0 radical (unpaired) electrons. The van der Waals surface area contributed by atoms with E-state index in [0.29, 0.717) is 22.2 Å². The van der Waals surface area contributed by atoms with Gasteiger partial charge in [0.05, 0.1) is 17.5 Å². The molecular formula is C25H29ClN6O2. The summed E-state index contributed by atoms with van der Waals surface area (Å²) in [7, 11) is 0.